The third-order valence-electron chi connectivity index (χ3n) is 4.04. The number of pyridine rings is 1. The maximum atomic E-state index is 12.5. The predicted octanol–water partition coefficient (Wildman–Crippen LogP) is 3.55. The van der Waals surface area contributed by atoms with Gasteiger partial charge in [0, 0.05) is 43.0 Å². The van der Waals surface area contributed by atoms with E-state index in [0.29, 0.717) is 36.2 Å². The Balaban J connectivity index is 1.60. The van der Waals surface area contributed by atoms with Gasteiger partial charge in [-0.05, 0) is 28.1 Å². The van der Waals surface area contributed by atoms with E-state index in [-0.39, 0.29) is 12.1 Å². The third-order valence-corrected chi connectivity index (χ3v) is 4.64. The van der Waals surface area contributed by atoms with Gasteiger partial charge in [0.2, 0.25) is 5.88 Å². The van der Waals surface area contributed by atoms with Gasteiger partial charge in [0.25, 0.3) is 0 Å². The Bertz CT molecular complexity index is 765. The molecule has 0 bridgehead atoms. The summed E-state index contributed by atoms with van der Waals surface area (Å²) in [4.78, 5) is 18.4. The Hall–Kier alpha value is -2.48. The highest BCUT2D eigenvalue weighted by Crippen LogP contribution is 2.27. The van der Waals surface area contributed by atoms with Crippen molar-refractivity contribution in [3.05, 3.63) is 41.0 Å². The van der Waals surface area contributed by atoms with Crippen LogP contribution in [0.3, 0.4) is 0 Å². The second-order valence-corrected chi connectivity index (χ2v) is 6.65. The van der Waals surface area contributed by atoms with Crippen molar-refractivity contribution in [2.45, 2.75) is 12.5 Å². The number of amides is 2. The summed E-state index contributed by atoms with van der Waals surface area (Å²) in [5.41, 5.74) is 0.614. The van der Waals surface area contributed by atoms with Gasteiger partial charge in [0.1, 0.15) is 17.6 Å². The smallest absolute Gasteiger partial charge is 0.321 e. The summed E-state index contributed by atoms with van der Waals surface area (Å²) in [7, 11) is 3.14. The second-order valence-electron chi connectivity index (χ2n) is 5.80. The van der Waals surface area contributed by atoms with Gasteiger partial charge >= 0.3 is 6.03 Å². The largest absolute Gasteiger partial charge is 0.497 e. The minimum Gasteiger partial charge on any atom is -0.497 e. The molecule has 1 aromatic carbocycles. The highest BCUT2D eigenvalue weighted by atomic mass is 79.9. The number of halogens is 1. The van der Waals surface area contributed by atoms with E-state index in [1.807, 2.05) is 12.1 Å². The van der Waals surface area contributed by atoms with Gasteiger partial charge in [-0.2, -0.15) is 0 Å². The lowest BCUT2D eigenvalue weighted by atomic mass is 10.3. The van der Waals surface area contributed by atoms with Crippen LogP contribution in [0.5, 0.6) is 17.4 Å². The van der Waals surface area contributed by atoms with Crippen molar-refractivity contribution in [3.63, 3.8) is 0 Å². The molecule has 1 aromatic heterocycles. The molecule has 3 rings (SSSR count). The molecule has 1 unspecified atom stereocenters. The average Bonchev–Trinajstić information content (AvgIpc) is 3.12. The zero-order chi connectivity index (χ0) is 18.5. The molecule has 1 saturated heterocycles. The lowest BCUT2D eigenvalue weighted by molar-refractivity contribution is 0.189. The summed E-state index contributed by atoms with van der Waals surface area (Å²) in [5, 5.41) is 2.88. The normalized spacial score (nSPS) is 16.3. The van der Waals surface area contributed by atoms with E-state index in [1.54, 1.807) is 43.5 Å². The molecule has 2 aromatic rings. The van der Waals surface area contributed by atoms with E-state index in [4.69, 9.17) is 14.2 Å². The third kappa shape index (κ3) is 4.37. The van der Waals surface area contributed by atoms with E-state index in [1.165, 1.54) is 0 Å². The van der Waals surface area contributed by atoms with Crippen LogP contribution in [0, 0.1) is 0 Å². The number of carbonyl (C=O) groups is 1. The molecule has 0 aliphatic carbocycles. The fraction of sp³-hybridized carbons (Fsp3) is 0.333. The number of carbonyl (C=O) groups excluding carboxylic acids is 1. The zero-order valence-corrected chi connectivity index (χ0v) is 16.2. The summed E-state index contributed by atoms with van der Waals surface area (Å²) in [6.45, 7) is 1.11. The Kier molecular flexibility index (Phi) is 5.82. The Labute approximate surface area is 160 Å². The summed E-state index contributed by atoms with van der Waals surface area (Å²) in [6, 6.07) is 8.75. The van der Waals surface area contributed by atoms with E-state index in [0.717, 1.165) is 10.9 Å². The van der Waals surface area contributed by atoms with Crippen LogP contribution in [-0.2, 0) is 0 Å². The van der Waals surface area contributed by atoms with Crippen LogP contribution in [0.15, 0.2) is 41.0 Å². The van der Waals surface area contributed by atoms with E-state index in [9.17, 15) is 4.79 Å². The first-order valence-corrected chi connectivity index (χ1v) is 8.94. The van der Waals surface area contributed by atoms with Crippen molar-refractivity contribution in [1.82, 2.24) is 9.88 Å². The van der Waals surface area contributed by atoms with Gasteiger partial charge in [0.15, 0.2) is 0 Å². The number of urea groups is 1. The Morgan fingerprint density at radius 2 is 2.00 bits per heavy atom. The van der Waals surface area contributed by atoms with Gasteiger partial charge in [-0.15, -0.1) is 0 Å². The molecule has 2 amide bonds. The number of hydrogen-bond donors (Lipinski definition) is 1. The molecule has 2 heterocycles. The number of aromatic nitrogens is 1. The highest BCUT2D eigenvalue weighted by Gasteiger charge is 2.28. The molecule has 0 saturated carbocycles. The number of likely N-dealkylation sites (tertiary alicyclic amines) is 1. The maximum Gasteiger partial charge on any atom is 0.321 e. The van der Waals surface area contributed by atoms with Crippen LogP contribution < -0.4 is 19.5 Å². The molecule has 0 radical (unpaired) electrons. The molecule has 138 valence electrons. The molecule has 26 heavy (non-hydrogen) atoms. The van der Waals surface area contributed by atoms with E-state index < -0.39 is 0 Å². The molecule has 1 aliphatic heterocycles. The number of anilines is 1. The van der Waals surface area contributed by atoms with Crippen molar-refractivity contribution in [2.24, 2.45) is 0 Å². The predicted molar refractivity (Wildman–Crippen MR) is 101 cm³/mol. The average molecular weight is 422 g/mol. The second kappa shape index (κ2) is 8.27. The van der Waals surface area contributed by atoms with Crippen LogP contribution >= 0.6 is 15.9 Å². The maximum absolute atomic E-state index is 12.5. The first kappa shape index (κ1) is 18.3. The fourth-order valence-electron chi connectivity index (χ4n) is 2.71. The lowest BCUT2D eigenvalue weighted by Gasteiger charge is -2.18. The molecular formula is C18H20BrN3O4. The molecule has 7 nitrogen and oxygen atoms in total. The van der Waals surface area contributed by atoms with Gasteiger partial charge in [-0.25, -0.2) is 9.78 Å². The van der Waals surface area contributed by atoms with Gasteiger partial charge < -0.3 is 24.4 Å². The van der Waals surface area contributed by atoms with Crippen LogP contribution in [0.2, 0.25) is 0 Å². The molecule has 8 heteroatoms. The topological polar surface area (TPSA) is 72.9 Å². The summed E-state index contributed by atoms with van der Waals surface area (Å²) < 4.78 is 17.1. The van der Waals surface area contributed by atoms with E-state index in [2.05, 4.69) is 26.2 Å². The first-order chi connectivity index (χ1) is 12.6. The van der Waals surface area contributed by atoms with Crippen LogP contribution in [0.25, 0.3) is 0 Å². The summed E-state index contributed by atoms with van der Waals surface area (Å²) >= 11 is 3.41. The van der Waals surface area contributed by atoms with Crippen molar-refractivity contribution in [2.75, 3.05) is 32.6 Å². The number of benzene rings is 1. The zero-order valence-electron chi connectivity index (χ0n) is 14.6. The minimum atomic E-state index is -0.188. The summed E-state index contributed by atoms with van der Waals surface area (Å²) in [6.07, 6.45) is 2.33. The quantitative estimate of drug-likeness (QED) is 0.798. The first-order valence-electron chi connectivity index (χ1n) is 8.15. The number of rotatable bonds is 5. The van der Waals surface area contributed by atoms with Crippen LogP contribution in [0.1, 0.15) is 6.42 Å². The number of methoxy groups -OCH3 is 2. The number of nitrogens with one attached hydrogen (secondary N) is 1. The molecular weight excluding hydrogens is 402 g/mol. The SMILES string of the molecule is COc1cc(NC(=O)N2CCC(Oc3ncccc3Br)C2)cc(OC)c1. The van der Waals surface area contributed by atoms with Crippen molar-refractivity contribution < 1.29 is 19.0 Å². The Morgan fingerprint density at radius 1 is 1.27 bits per heavy atom. The molecule has 1 atom stereocenters. The standard InChI is InChI=1S/C18H20BrN3O4/c1-24-14-8-12(9-15(10-14)25-2)21-18(23)22-7-5-13(11-22)26-17-16(19)4-3-6-20-17/h3-4,6,8-10,13H,5,7,11H2,1-2H3,(H,21,23). The summed E-state index contributed by atoms with van der Waals surface area (Å²) in [5.74, 6) is 1.77. The highest BCUT2D eigenvalue weighted by molar-refractivity contribution is 9.10. The van der Waals surface area contributed by atoms with Gasteiger partial charge in [-0.3, -0.25) is 0 Å². The number of ether oxygens (including phenoxy) is 3. The molecule has 1 fully saturated rings. The molecule has 1 N–H and O–H groups in total. The monoisotopic (exact) mass is 421 g/mol. The number of hydrogen-bond acceptors (Lipinski definition) is 5. The van der Waals surface area contributed by atoms with Crippen molar-refractivity contribution >= 4 is 27.6 Å². The number of nitrogens with zero attached hydrogens (tertiary/aromatic N) is 2. The van der Waals surface area contributed by atoms with Crippen molar-refractivity contribution in [3.8, 4) is 17.4 Å². The minimum absolute atomic E-state index is 0.0909. The lowest BCUT2D eigenvalue weighted by Crippen LogP contribution is -2.34. The van der Waals surface area contributed by atoms with Gasteiger partial charge in [0.05, 0.1) is 25.2 Å². The van der Waals surface area contributed by atoms with Crippen LogP contribution in [0.4, 0.5) is 10.5 Å². The molecule has 1 aliphatic rings. The van der Waals surface area contributed by atoms with Crippen LogP contribution in [-0.4, -0.2) is 49.3 Å². The Morgan fingerprint density at radius 3 is 2.65 bits per heavy atom. The molecule has 0 spiro atoms. The van der Waals surface area contributed by atoms with Crippen molar-refractivity contribution in [1.29, 1.82) is 0 Å². The van der Waals surface area contributed by atoms with Gasteiger partial charge in [-0.1, -0.05) is 0 Å². The van der Waals surface area contributed by atoms with E-state index >= 15 is 0 Å². The fourth-order valence-corrected chi connectivity index (χ4v) is 3.06.